The Hall–Kier alpha value is -3.15. The number of rotatable bonds is 6. The van der Waals surface area contributed by atoms with Crippen LogP contribution in [-0.4, -0.2) is 23.8 Å². The van der Waals surface area contributed by atoms with Crippen molar-refractivity contribution in [1.29, 1.82) is 0 Å². The van der Waals surface area contributed by atoms with Crippen molar-refractivity contribution in [3.63, 3.8) is 0 Å². The molecule has 0 radical (unpaired) electrons. The van der Waals surface area contributed by atoms with E-state index in [0.29, 0.717) is 29.4 Å². The zero-order chi connectivity index (χ0) is 18.5. The number of carbonyl (C=O) groups excluding carboxylic acids is 3. The fraction of sp³-hybridized carbons (Fsp3) is 0.250. The molecule has 0 atom stereocenters. The summed E-state index contributed by atoms with van der Waals surface area (Å²) in [7, 11) is 0. The maximum Gasteiger partial charge on any atom is 0.255 e. The average molecular weight is 351 g/mol. The van der Waals surface area contributed by atoms with Crippen LogP contribution in [0.2, 0.25) is 0 Å². The molecule has 2 aromatic rings. The number of hydrogen-bond acceptors (Lipinski definition) is 3. The Balaban J connectivity index is 1.56. The molecule has 3 amide bonds. The summed E-state index contributed by atoms with van der Waals surface area (Å²) in [6, 6.07) is 14.2. The van der Waals surface area contributed by atoms with E-state index in [9.17, 15) is 14.4 Å². The largest absolute Gasteiger partial charge is 0.352 e. The van der Waals surface area contributed by atoms with Crippen LogP contribution in [0.1, 0.15) is 46.0 Å². The predicted octanol–water partition coefficient (Wildman–Crippen LogP) is 2.47. The molecule has 6 heteroatoms. The van der Waals surface area contributed by atoms with Crippen molar-refractivity contribution in [2.45, 2.75) is 32.4 Å². The van der Waals surface area contributed by atoms with Crippen LogP contribution in [0.25, 0.3) is 0 Å². The van der Waals surface area contributed by atoms with Crippen LogP contribution in [0.3, 0.4) is 0 Å². The van der Waals surface area contributed by atoms with E-state index in [1.165, 1.54) is 6.92 Å². The molecule has 0 bridgehead atoms. The maximum atomic E-state index is 12.3. The second-order valence-corrected chi connectivity index (χ2v) is 6.39. The Labute approximate surface area is 152 Å². The van der Waals surface area contributed by atoms with E-state index in [0.717, 1.165) is 18.4 Å². The van der Waals surface area contributed by atoms with Crippen molar-refractivity contribution in [2.75, 3.05) is 5.32 Å². The minimum atomic E-state index is -0.230. The third kappa shape index (κ3) is 4.92. The number of hydrogen-bond donors (Lipinski definition) is 3. The fourth-order valence-electron chi connectivity index (χ4n) is 2.41. The Morgan fingerprint density at radius 2 is 1.46 bits per heavy atom. The summed E-state index contributed by atoms with van der Waals surface area (Å²) in [5.74, 6) is -0.410. The molecular weight excluding hydrogens is 330 g/mol. The van der Waals surface area contributed by atoms with Gasteiger partial charge in [-0.05, 0) is 54.8 Å². The van der Waals surface area contributed by atoms with E-state index in [1.54, 1.807) is 48.5 Å². The minimum Gasteiger partial charge on any atom is -0.352 e. The van der Waals surface area contributed by atoms with E-state index in [1.807, 2.05) is 0 Å². The lowest BCUT2D eigenvalue weighted by molar-refractivity contribution is -0.119. The lowest BCUT2D eigenvalue weighted by Crippen LogP contribution is -2.25. The molecule has 0 unspecified atom stereocenters. The van der Waals surface area contributed by atoms with Gasteiger partial charge in [0.1, 0.15) is 0 Å². The fourth-order valence-corrected chi connectivity index (χ4v) is 2.41. The van der Waals surface area contributed by atoms with Gasteiger partial charge in [-0.2, -0.15) is 0 Å². The molecule has 0 spiro atoms. The van der Waals surface area contributed by atoms with Gasteiger partial charge >= 0.3 is 0 Å². The Morgan fingerprint density at radius 3 is 2.04 bits per heavy atom. The lowest BCUT2D eigenvalue weighted by atomic mass is 10.1. The van der Waals surface area contributed by atoms with Crippen molar-refractivity contribution in [3.8, 4) is 0 Å². The second kappa shape index (κ2) is 7.82. The monoisotopic (exact) mass is 351 g/mol. The third-order valence-corrected chi connectivity index (χ3v) is 4.08. The molecule has 0 heterocycles. The van der Waals surface area contributed by atoms with E-state index in [-0.39, 0.29) is 17.7 Å². The van der Waals surface area contributed by atoms with Gasteiger partial charge in [0.2, 0.25) is 5.91 Å². The van der Waals surface area contributed by atoms with Crippen molar-refractivity contribution in [3.05, 3.63) is 65.2 Å². The average Bonchev–Trinajstić information content (AvgIpc) is 3.45. The van der Waals surface area contributed by atoms with Gasteiger partial charge in [-0.15, -0.1) is 0 Å². The van der Waals surface area contributed by atoms with Crippen molar-refractivity contribution >= 4 is 23.4 Å². The van der Waals surface area contributed by atoms with Gasteiger partial charge < -0.3 is 16.0 Å². The van der Waals surface area contributed by atoms with Crippen LogP contribution >= 0.6 is 0 Å². The van der Waals surface area contributed by atoms with Gasteiger partial charge in [0, 0.05) is 36.3 Å². The molecule has 2 aromatic carbocycles. The summed E-state index contributed by atoms with van der Waals surface area (Å²) in [5, 5.41) is 8.44. The summed E-state index contributed by atoms with van der Waals surface area (Å²) in [4.78, 5) is 35.2. The molecule has 0 aromatic heterocycles. The molecule has 134 valence electrons. The first-order chi connectivity index (χ1) is 12.5. The highest BCUT2D eigenvalue weighted by Crippen LogP contribution is 2.20. The maximum absolute atomic E-state index is 12.3. The molecule has 0 aliphatic heterocycles. The highest BCUT2D eigenvalue weighted by atomic mass is 16.2. The number of anilines is 1. The summed E-state index contributed by atoms with van der Waals surface area (Å²) in [6.07, 6.45) is 2.09. The molecular formula is C20H21N3O3. The van der Waals surface area contributed by atoms with Crippen LogP contribution in [0.15, 0.2) is 48.5 Å². The highest BCUT2D eigenvalue weighted by molar-refractivity contribution is 6.04. The Morgan fingerprint density at radius 1 is 0.885 bits per heavy atom. The number of benzene rings is 2. The summed E-state index contributed by atoms with van der Waals surface area (Å²) in [5.41, 5.74) is 2.65. The minimum absolute atomic E-state index is 0.0832. The number of carbonyl (C=O) groups is 3. The lowest BCUT2D eigenvalue weighted by Gasteiger charge is -2.08. The van der Waals surface area contributed by atoms with Crippen LogP contribution in [0.4, 0.5) is 5.69 Å². The van der Waals surface area contributed by atoms with Crippen LogP contribution in [0, 0.1) is 0 Å². The van der Waals surface area contributed by atoms with Crippen molar-refractivity contribution in [1.82, 2.24) is 10.6 Å². The van der Waals surface area contributed by atoms with Gasteiger partial charge in [0.05, 0.1) is 0 Å². The zero-order valence-electron chi connectivity index (χ0n) is 14.5. The summed E-state index contributed by atoms with van der Waals surface area (Å²) in [6.45, 7) is 1.89. The Kier molecular flexibility index (Phi) is 5.31. The van der Waals surface area contributed by atoms with Gasteiger partial charge in [-0.1, -0.05) is 12.1 Å². The molecule has 1 fully saturated rings. The molecule has 6 nitrogen and oxygen atoms in total. The first-order valence-electron chi connectivity index (χ1n) is 8.57. The predicted molar refractivity (Wildman–Crippen MR) is 98.8 cm³/mol. The first kappa shape index (κ1) is 17.7. The normalized spacial score (nSPS) is 13.0. The standard InChI is InChI=1S/C20H21N3O3/c1-13(24)21-12-14-2-4-15(5-3-14)19(25)22-17-8-6-16(7-9-17)20(26)23-18-10-11-18/h2-9,18H,10-12H2,1H3,(H,21,24)(H,22,25)(H,23,26). The SMILES string of the molecule is CC(=O)NCc1ccc(C(=O)Nc2ccc(C(=O)NC3CC3)cc2)cc1. The Bertz CT molecular complexity index is 809. The molecule has 0 saturated heterocycles. The van der Waals surface area contributed by atoms with Gasteiger partial charge in [0.15, 0.2) is 0 Å². The second-order valence-electron chi connectivity index (χ2n) is 6.39. The van der Waals surface area contributed by atoms with Gasteiger partial charge in [-0.25, -0.2) is 0 Å². The van der Waals surface area contributed by atoms with Crippen LogP contribution in [-0.2, 0) is 11.3 Å². The van der Waals surface area contributed by atoms with Crippen molar-refractivity contribution < 1.29 is 14.4 Å². The number of nitrogens with one attached hydrogen (secondary N) is 3. The van der Waals surface area contributed by atoms with Gasteiger partial charge in [-0.3, -0.25) is 14.4 Å². The van der Waals surface area contributed by atoms with E-state index in [4.69, 9.17) is 0 Å². The quantitative estimate of drug-likeness (QED) is 0.747. The van der Waals surface area contributed by atoms with Crippen LogP contribution in [0.5, 0.6) is 0 Å². The third-order valence-electron chi connectivity index (χ3n) is 4.08. The van der Waals surface area contributed by atoms with Crippen molar-refractivity contribution in [2.24, 2.45) is 0 Å². The topological polar surface area (TPSA) is 87.3 Å². The molecule has 3 N–H and O–H groups in total. The zero-order valence-corrected chi connectivity index (χ0v) is 14.5. The first-order valence-corrected chi connectivity index (χ1v) is 8.57. The molecule has 1 aliphatic carbocycles. The summed E-state index contributed by atoms with van der Waals surface area (Å²) >= 11 is 0. The highest BCUT2D eigenvalue weighted by Gasteiger charge is 2.23. The molecule has 1 aliphatic rings. The van der Waals surface area contributed by atoms with Gasteiger partial charge in [0.25, 0.3) is 11.8 Å². The van der Waals surface area contributed by atoms with E-state index >= 15 is 0 Å². The summed E-state index contributed by atoms with van der Waals surface area (Å²) < 4.78 is 0. The molecule has 3 rings (SSSR count). The molecule has 1 saturated carbocycles. The van der Waals surface area contributed by atoms with E-state index in [2.05, 4.69) is 16.0 Å². The van der Waals surface area contributed by atoms with E-state index < -0.39 is 0 Å². The smallest absolute Gasteiger partial charge is 0.255 e. The molecule has 26 heavy (non-hydrogen) atoms. The number of amides is 3. The van der Waals surface area contributed by atoms with Crippen LogP contribution < -0.4 is 16.0 Å².